The molecule has 0 aliphatic carbocycles. The Morgan fingerprint density at radius 1 is 0.971 bits per heavy atom. The average Bonchev–Trinajstić information content (AvgIpc) is 3.34. The van der Waals surface area contributed by atoms with E-state index in [1.54, 1.807) is 0 Å². The maximum absolute atomic E-state index is 11.9. The topological polar surface area (TPSA) is 68.3 Å². The molecule has 0 saturated carbocycles. The maximum Gasteiger partial charge on any atom is 0.494 e. The molecule has 0 N–H and O–H groups in total. The van der Waals surface area contributed by atoms with Crippen LogP contribution in [0, 0.1) is 0 Å². The van der Waals surface area contributed by atoms with Gasteiger partial charge in [-0.15, -0.1) is 0 Å². The van der Waals surface area contributed by atoms with Crippen molar-refractivity contribution in [3.63, 3.8) is 0 Å². The molecule has 3 heterocycles. The molecule has 7 nitrogen and oxygen atoms in total. The van der Waals surface area contributed by atoms with E-state index in [1.807, 2.05) is 12.1 Å². The van der Waals surface area contributed by atoms with Crippen LogP contribution in [0.2, 0.25) is 0 Å². The quantitative estimate of drug-likeness (QED) is 0.591. The molecule has 0 spiro atoms. The van der Waals surface area contributed by atoms with E-state index >= 15 is 0 Å². The van der Waals surface area contributed by atoms with Crippen molar-refractivity contribution in [1.29, 1.82) is 0 Å². The Labute approximate surface area is 209 Å². The minimum absolute atomic E-state index is 0.118. The van der Waals surface area contributed by atoms with Crippen LogP contribution < -0.4 is 15.1 Å². The van der Waals surface area contributed by atoms with Gasteiger partial charge in [-0.25, -0.2) is 8.42 Å². The highest BCUT2D eigenvalue weighted by Gasteiger charge is 2.51. The van der Waals surface area contributed by atoms with Gasteiger partial charge in [0, 0.05) is 31.7 Å². The number of hydrogen-bond donors (Lipinski definition) is 0. The van der Waals surface area contributed by atoms with Crippen LogP contribution in [-0.2, 0) is 32.3 Å². The van der Waals surface area contributed by atoms with E-state index in [0.717, 1.165) is 36.3 Å². The van der Waals surface area contributed by atoms with E-state index in [2.05, 4.69) is 62.9 Å². The second-order valence-corrected chi connectivity index (χ2v) is 12.9. The van der Waals surface area contributed by atoms with Crippen molar-refractivity contribution in [3.05, 3.63) is 53.6 Å². The fourth-order valence-electron chi connectivity index (χ4n) is 4.93. The Morgan fingerprint density at radius 3 is 2.31 bits per heavy atom. The van der Waals surface area contributed by atoms with Crippen molar-refractivity contribution < 1.29 is 22.5 Å². The summed E-state index contributed by atoms with van der Waals surface area (Å²) in [5, 5.41) is 0. The lowest BCUT2D eigenvalue weighted by atomic mass is 9.79. The van der Waals surface area contributed by atoms with Gasteiger partial charge in [0.2, 0.25) is 10.0 Å². The van der Waals surface area contributed by atoms with E-state index in [-0.39, 0.29) is 24.4 Å². The lowest BCUT2D eigenvalue weighted by Gasteiger charge is -2.32. The Balaban J connectivity index is 1.19. The average molecular weight is 498 g/mol. The van der Waals surface area contributed by atoms with Gasteiger partial charge in [-0.05, 0) is 75.0 Å². The largest absolute Gasteiger partial charge is 0.494 e. The summed E-state index contributed by atoms with van der Waals surface area (Å²) in [6, 6.07) is 14.5. The van der Waals surface area contributed by atoms with Gasteiger partial charge in [-0.3, -0.25) is 0 Å². The first-order valence-corrected chi connectivity index (χ1v) is 14.2. The lowest BCUT2D eigenvalue weighted by molar-refractivity contribution is 0.00578. The predicted molar refractivity (Wildman–Crippen MR) is 139 cm³/mol. The number of sulfonamides is 1. The summed E-state index contributed by atoms with van der Waals surface area (Å²) >= 11 is 0. The van der Waals surface area contributed by atoms with Gasteiger partial charge in [0.05, 0.1) is 24.0 Å². The summed E-state index contributed by atoms with van der Waals surface area (Å²) in [6.07, 6.45) is 3.06. The zero-order valence-electron chi connectivity index (χ0n) is 21.3. The van der Waals surface area contributed by atoms with Crippen LogP contribution >= 0.6 is 0 Å². The molecule has 2 aromatic rings. The molecule has 2 fully saturated rings. The van der Waals surface area contributed by atoms with Crippen LogP contribution in [-0.4, -0.2) is 63.0 Å². The SMILES string of the molecule is CC1(C)OB(c2ccc(N3CCC(Oc4ccc5c(c4)CCN(S(C)(=O)=O)C5)C3)cc2)OC1(C)C. The van der Waals surface area contributed by atoms with Crippen molar-refractivity contribution >= 4 is 28.3 Å². The molecule has 1 atom stereocenters. The third kappa shape index (κ3) is 4.96. The van der Waals surface area contributed by atoms with Crippen LogP contribution in [0.3, 0.4) is 0 Å². The number of ether oxygens (including phenoxy) is 1. The lowest BCUT2D eigenvalue weighted by Crippen LogP contribution is -2.41. The zero-order chi connectivity index (χ0) is 25.0. The molecular formula is C26H35BN2O5S. The fourth-order valence-corrected chi connectivity index (χ4v) is 5.73. The number of rotatable bonds is 5. The molecule has 0 bridgehead atoms. The van der Waals surface area contributed by atoms with Crippen molar-refractivity contribution in [2.75, 3.05) is 30.8 Å². The van der Waals surface area contributed by atoms with Crippen molar-refractivity contribution in [3.8, 4) is 5.75 Å². The standard InChI is InChI=1S/C26H35BN2O5S/c1-25(2)26(3,4)34-27(33-25)21-7-9-22(10-8-21)28-14-13-24(18-28)32-23-11-6-20-17-29(35(5,30)31)15-12-19(20)16-23/h6-11,16,24H,12-15,17-18H2,1-5H3. The summed E-state index contributed by atoms with van der Waals surface area (Å²) in [4.78, 5) is 2.35. The monoisotopic (exact) mass is 498 g/mol. The number of nitrogens with zero attached hydrogens (tertiary/aromatic N) is 2. The summed E-state index contributed by atoms with van der Waals surface area (Å²) in [5.41, 5.74) is 3.74. The van der Waals surface area contributed by atoms with Gasteiger partial charge in [0.1, 0.15) is 11.9 Å². The van der Waals surface area contributed by atoms with E-state index in [9.17, 15) is 8.42 Å². The predicted octanol–water partition coefficient (Wildman–Crippen LogP) is 2.96. The minimum Gasteiger partial charge on any atom is -0.489 e. The molecule has 0 aromatic heterocycles. The van der Waals surface area contributed by atoms with Gasteiger partial charge in [-0.1, -0.05) is 18.2 Å². The Kier molecular flexibility index (Phi) is 6.19. The van der Waals surface area contributed by atoms with E-state index in [0.29, 0.717) is 19.5 Å². The molecule has 0 amide bonds. The van der Waals surface area contributed by atoms with Gasteiger partial charge in [0.25, 0.3) is 0 Å². The number of anilines is 1. The summed E-state index contributed by atoms with van der Waals surface area (Å²) in [6.45, 7) is 11.0. The van der Waals surface area contributed by atoms with E-state index in [1.165, 1.54) is 21.8 Å². The molecule has 3 aliphatic heterocycles. The molecule has 2 saturated heterocycles. The summed E-state index contributed by atoms with van der Waals surface area (Å²) in [7, 11) is -3.52. The third-order valence-electron chi connectivity index (χ3n) is 7.86. The Bertz CT molecular complexity index is 1180. The molecule has 0 radical (unpaired) electrons. The van der Waals surface area contributed by atoms with Crippen LogP contribution in [0.5, 0.6) is 5.75 Å². The zero-order valence-corrected chi connectivity index (χ0v) is 22.1. The minimum atomic E-state index is -3.17. The van der Waals surface area contributed by atoms with Gasteiger partial charge in [-0.2, -0.15) is 4.31 Å². The second-order valence-electron chi connectivity index (χ2n) is 10.9. The first kappa shape index (κ1) is 24.6. The smallest absolute Gasteiger partial charge is 0.489 e. The molecule has 35 heavy (non-hydrogen) atoms. The third-order valence-corrected chi connectivity index (χ3v) is 9.11. The van der Waals surface area contributed by atoms with Crippen molar-refractivity contribution in [1.82, 2.24) is 4.31 Å². The summed E-state index contributed by atoms with van der Waals surface area (Å²) in [5.74, 6) is 0.861. The van der Waals surface area contributed by atoms with E-state index < -0.39 is 10.0 Å². The Hall–Kier alpha value is -2.07. The highest BCUT2D eigenvalue weighted by atomic mass is 32.2. The maximum atomic E-state index is 11.9. The number of hydrogen-bond acceptors (Lipinski definition) is 6. The van der Waals surface area contributed by atoms with Gasteiger partial charge in [0.15, 0.2) is 0 Å². The van der Waals surface area contributed by atoms with Gasteiger partial charge < -0.3 is 18.9 Å². The molecule has 188 valence electrons. The molecule has 1 unspecified atom stereocenters. The number of benzene rings is 2. The van der Waals surface area contributed by atoms with Gasteiger partial charge >= 0.3 is 7.12 Å². The van der Waals surface area contributed by atoms with Crippen LogP contribution in [0.15, 0.2) is 42.5 Å². The van der Waals surface area contributed by atoms with E-state index in [4.69, 9.17) is 14.0 Å². The molecule has 2 aromatic carbocycles. The fraction of sp³-hybridized carbons (Fsp3) is 0.538. The molecular weight excluding hydrogens is 463 g/mol. The van der Waals surface area contributed by atoms with Crippen LogP contribution in [0.4, 0.5) is 5.69 Å². The Morgan fingerprint density at radius 2 is 1.66 bits per heavy atom. The van der Waals surface area contributed by atoms with Crippen molar-refractivity contribution in [2.45, 2.75) is 64.4 Å². The summed E-state index contributed by atoms with van der Waals surface area (Å²) < 4.78 is 43.9. The molecule has 3 aliphatic rings. The first-order valence-electron chi connectivity index (χ1n) is 12.4. The van der Waals surface area contributed by atoms with Crippen molar-refractivity contribution in [2.24, 2.45) is 0 Å². The second kappa shape index (κ2) is 8.80. The van der Waals surface area contributed by atoms with Crippen LogP contribution in [0.1, 0.15) is 45.2 Å². The van der Waals surface area contributed by atoms with Crippen LogP contribution in [0.25, 0.3) is 0 Å². The highest BCUT2D eigenvalue weighted by molar-refractivity contribution is 7.88. The normalized spacial score (nSPS) is 24.0. The number of fused-ring (bicyclic) bond motifs is 1. The highest BCUT2D eigenvalue weighted by Crippen LogP contribution is 2.36. The first-order chi connectivity index (χ1) is 16.4. The molecule has 5 rings (SSSR count). The molecule has 9 heteroatoms.